The first-order valence-electron chi connectivity index (χ1n) is 5.43. The van der Waals surface area contributed by atoms with Gasteiger partial charge in [0.1, 0.15) is 22.9 Å². The molecule has 18 heavy (non-hydrogen) atoms. The van der Waals surface area contributed by atoms with Crippen molar-refractivity contribution in [2.24, 2.45) is 0 Å². The predicted octanol–water partition coefficient (Wildman–Crippen LogP) is -1.43. The summed E-state index contributed by atoms with van der Waals surface area (Å²) >= 11 is -2.64. The summed E-state index contributed by atoms with van der Waals surface area (Å²) in [4.78, 5) is -2.05. The smallest absolute Gasteiger partial charge is 0.196 e. The third-order valence-corrected chi connectivity index (χ3v) is 5.47. The minimum atomic E-state index is -2.64. The summed E-state index contributed by atoms with van der Waals surface area (Å²) in [6.07, 6.45) is -1.31. The van der Waals surface area contributed by atoms with Gasteiger partial charge in [0, 0.05) is 0 Å². The van der Waals surface area contributed by atoms with E-state index >= 15 is 0 Å². The molecule has 0 amide bonds. The van der Waals surface area contributed by atoms with Gasteiger partial charge in [0.2, 0.25) is 0 Å². The second-order valence-electron chi connectivity index (χ2n) is 5.28. The Morgan fingerprint density at radius 1 is 1.11 bits per heavy atom. The first-order chi connectivity index (χ1) is 7.86. The highest BCUT2D eigenvalue weighted by molar-refractivity contribution is 7.80. The monoisotopic (exact) mass is 284 g/mol. The molecule has 7 nitrogen and oxygen atoms in total. The molecule has 0 aliphatic carbocycles. The van der Waals surface area contributed by atoms with Crippen molar-refractivity contribution in [1.82, 2.24) is 0 Å². The van der Waals surface area contributed by atoms with E-state index in [9.17, 15) is 29.2 Å². The van der Waals surface area contributed by atoms with Gasteiger partial charge in [0.25, 0.3) is 0 Å². The van der Waals surface area contributed by atoms with Crippen LogP contribution in [0.15, 0.2) is 0 Å². The molecule has 1 aliphatic heterocycles. The van der Waals surface area contributed by atoms with Gasteiger partial charge < -0.3 is 29.7 Å². The second kappa shape index (κ2) is 4.20. The van der Waals surface area contributed by atoms with E-state index in [2.05, 4.69) is 0 Å². The highest BCUT2D eigenvalue weighted by atomic mass is 32.2. The Bertz CT molecular complexity index is 365. The van der Waals surface area contributed by atoms with Crippen LogP contribution in [0.4, 0.5) is 0 Å². The summed E-state index contributed by atoms with van der Waals surface area (Å²) < 4.78 is 25.9. The van der Waals surface area contributed by atoms with Crippen LogP contribution in [0.2, 0.25) is 0 Å². The lowest BCUT2D eigenvalue weighted by molar-refractivity contribution is -0.351. The number of aliphatic hydroxyl groups excluding tert-OH is 1. The predicted molar refractivity (Wildman–Crippen MR) is 63.0 cm³/mol. The molecule has 0 aromatic heterocycles. The molecule has 0 saturated carbocycles. The molecule has 5 N–H and O–H groups in total. The van der Waals surface area contributed by atoms with Crippen molar-refractivity contribution in [3.05, 3.63) is 0 Å². The summed E-state index contributed by atoms with van der Waals surface area (Å²) in [5, 5.41) is 40.2. The second-order valence-corrected chi connectivity index (χ2v) is 6.55. The van der Waals surface area contributed by atoms with Crippen LogP contribution < -0.4 is 0 Å². The number of hydrogen-bond donors (Lipinski definition) is 5. The Balaban J connectivity index is 3.45. The lowest BCUT2D eigenvalue weighted by Crippen LogP contribution is -2.81. The SMILES string of the molecule is CC1(S(=O)O)O[C@H](CO)[C@@](C)(O)[C@](C)(O)[C@@]1(C)O. The maximum absolute atomic E-state index is 11.4. The van der Waals surface area contributed by atoms with Gasteiger partial charge in [-0.15, -0.1) is 0 Å². The van der Waals surface area contributed by atoms with Crippen molar-refractivity contribution in [3.8, 4) is 0 Å². The number of aliphatic hydroxyl groups is 4. The van der Waals surface area contributed by atoms with Crippen LogP contribution in [0.1, 0.15) is 27.7 Å². The summed E-state index contributed by atoms with van der Waals surface area (Å²) in [6.45, 7) is 3.87. The molecule has 0 radical (unpaired) electrons. The molecule has 6 atom stereocenters. The highest BCUT2D eigenvalue weighted by Gasteiger charge is 2.72. The Hall–Kier alpha value is -0.0900. The zero-order valence-corrected chi connectivity index (χ0v) is 11.6. The molecule has 2 unspecified atom stereocenters. The van der Waals surface area contributed by atoms with Crippen molar-refractivity contribution in [1.29, 1.82) is 0 Å². The Labute approximate surface area is 108 Å². The fourth-order valence-electron chi connectivity index (χ4n) is 2.18. The van der Waals surface area contributed by atoms with Gasteiger partial charge in [-0.1, -0.05) is 0 Å². The van der Waals surface area contributed by atoms with E-state index in [1.165, 1.54) is 6.92 Å². The average Bonchev–Trinajstić information content (AvgIpc) is 2.22. The van der Waals surface area contributed by atoms with Crippen LogP contribution in [-0.4, -0.2) is 63.6 Å². The van der Waals surface area contributed by atoms with E-state index in [-0.39, 0.29) is 0 Å². The maximum Gasteiger partial charge on any atom is 0.196 e. The zero-order valence-electron chi connectivity index (χ0n) is 10.7. The lowest BCUT2D eigenvalue weighted by atomic mass is 9.66. The fraction of sp³-hybridized carbons (Fsp3) is 1.00. The molecule has 1 fully saturated rings. The lowest BCUT2D eigenvalue weighted by Gasteiger charge is -2.60. The van der Waals surface area contributed by atoms with Gasteiger partial charge >= 0.3 is 0 Å². The van der Waals surface area contributed by atoms with Crippen molar-refractivity contribution >= 4 is 11.1 Å². The Morgan fingerprint density at radius 3 is 1.89 bits per heavy atom. The van der Waals surface area contributed by atoms with Crippen LogP contribution in [0, 0.1) is 0 Å². The number of ether oxygens (including phenoxy) is 1. The highest BCUT2D eigenvalue weighted by Crippen LogP contribution is 2.49. The topological polar surface area (TPSA) is 127 Å². The van der Waals surface area contributed by atoms with E-state index < -0.39 is 45.5 Å². The third-order valence-electron chi connectivity index (χ3n) is 4.31. The minimum Gasteiger partial charge on any atom is -0.394 e. The van der Waals surface area contributed by atoms with Gasteiger partial charge in [-0.3, -0.25) is 0 Å². The third kappa shape index (κ3) is 1.68. The van der Waals surface area contributed by atoms with Crippen molar-refractivity contribution < 1.29 is 33.9 Å². The maximum atomic E-state index is 11.4. The van der Waals surface area contributed by atoms with Crippen LogP contribution in [0.3, 0.4) is 0 Å². The van der Waals surface area contributed by atoms with Gasteiger partial charge in [-0.05, 0) is 27.7 Å². The number of hydrogen-bond acceptors (Lipinski definition) is 6. The van der Waals surface area contributed by atoms with E-state index in [0.717, 1.165) is 20.8 Å². The number of rotatable bonds is 2. The average molecular weight is 284 g/mol. The standard InChI is InChI=1S/C10H20O7S/c1-7(12)6(5-11)17-10(4,18(15)16)9(3,14)8(7,2)13/h6,11-14H,5H2,1-4H3,(H,15,16)/t6-,7-,8+,9-,10?/m1/s1. The Kier molecular flexibility index (Phi) is 3.73. The molecule has 1 rings (SSSR count). The minimum absolute atomic E-state index is 0.675. The van der Waals surface area contributed by atoms with Gasteiger partial charge in [-0.25, -0.2) is 4.21 Å². The molecule has 0 spiro atoms. The molecule has 0 aromatic rings. The molecule has 0 aromatic carbocycles. The molecule has 108 valence electrons. The largest absolute Gasteiger partial charge is 0.394 e. The quantitative estimate of drug-likeness (QED) is 0.393. The fourth-order valence-corrected chi connectivity index (χ4v) is 2.91. The van der Waals surface area contributed by atoms with E-state index in [4.69, 9.17) is 4.74 Å². The Morgan fingerprint density at radius 2 is 1.56 bits per heavy atom. The van der Waals surface area contributed by atoms with Crippen molar-refractivity contribution in [2.75, 3.05) is 6.61 Å². The normalized spacial score (nSPS) is 55.3. The van der Waals surface area contributed by atoms with Crippen LogP contribution in [0.25, 0.3) is 0 Å². The molecular formula is C10H20O7S. The molecule has 1 heterocycles. The van der Waals surface area contributed by atoms with E-state index in [1.807, 2.05) is 0 Å². The summed E-state index contributed by atoms with van der Waals surface area (Å²) in [7, 11) is 0. The molecule has 8 heteroatoms. The molecule has 1 aliphatic rings. The molecule has 0 bridgehead atoms. The molecule has 1 saturated heterocycles. The van der Waals surface area contributed by atoms with Crippen LogP contribution >= 0.6 is 0 Å². The first-order valence-corrected chi connectivity index (χ1v) is 6.53. The van der Waals surface area contributed by atoms with Gasteiger partial charge in [0.05, 0.1) is 6.61 Å². The molecular weight excluding hydrogens is 264 g/mol. The summed E-state index contributed by atoms with van der Waals surface area (Å²) in [5.41, 5.74) is -6.38. The van der Waals surface area contributed by atoms with Crippen molar-refractivity contribution in [2.45, 2.75) is 55.5 Å². The summed E-state index contributed by atoms with van der Waals surface area (Å²) in [5.74, 6) is 0. The zero-order chi connectivity index (χ0) is 14.6. The van der Waals surface area contributed by atoms with Crippen LogP contribution in [-0.2, 0) is 15.8 Å². The van der Waals surface area contributed by atoms with E-state index in [1.54, 1.807) is 0 Å². The van der Waals surface area contributed by atoms with E-state index in [0.29, 0.717) is 0 Å². The van der Waals surface area contributed by atoms with Crippen molar-refractivity contribution in [3.63, 3.8) is 0 Å². The summed E-state index contributed by atoms with van der Waals surface area (Å²) in [6, 6.07) is 0. The van der Waals surface area contributed by atoms with Crippen LogP contribution in [0.5, 0.6) is 0 Å². The van der Waals surface area contributed by atoms with Gasteiger partial charge in [0.15, 0.2) is 16.0 Å². The first kappa shape index (κ1) is 16.0. The van der Waals surface area contributed by atoms with Gasteiger partial charge in [-0.2, -0.15) is 0 Å².